The van der Waals surface area contributed by atoms with Crippen molar-refractivity contribution in [3.8, 4) is 5.75 Å². The van der Waals surface area contributed by atoms with Gasteiger partial charge in [0, 0.05) is 18.7 Å². The van der Waals surface area contributed by atoms with Crippen LogP contribution < -0.4 is 15.4 Å². The van der Waals surface area contributed by atoms with E-state index in [0.29, 0.717) is 11.6 Å². The van der Waals surface area contributed by atoms with Gasteiger partial charge in [-0.15, -0.1) is 0 Å². The van der Waals surface area contributed by atoms with Gasteiger partial charge in [0.2, 0.25) is 0 Å². The van der Waals surface area contributed by atoms with E-state index in [1.807, 2.05) is 6.07 Å². The number of carbonyl (C=O) groups excluding carboxylic acids is 1. The molecule has 0 bridgehead atoms. The van der Waals surface area contributed by atoms with Crippen LogP contribution in [0.2, 0.25) is 0 Å². The highest BCUT2D eigenvalue weighted by Gasteiger charge is 2.36. The number of hydrogen-bond donors (Lipinski definition) is 2. The Balaban J connectivity index is 1.86. The number of anilines is 1. The van der Waals surface area contributed by atoms with E-state index in [4.69, 9.17) is 4.74 Å². The number of rotatable bonds is 1. The lowest BCUT2D eigenvalue weighted by atomic mass is 10.00. The van der Waals surface area contributed by atoms with Gasteiger partial charge in [0.1, 0.15) is 0 Å². The fraction of sp³-hybridized carbons (Fsp3) is 0.455. The molecule has 1 saturated heterocycles. The van der Waals surface area contributed by atoms with Crippen LogP contribution in [-0.4, -0.2) is 30.1 Å². The molecule has 3 rings (SSSR count). The summed E-state index contributed by atoms with van der Waals surface area (Å²) in [5.74, 6) is 1.36. The Morgan fingerprint density at radius 1 is 1.50 bits per heavy atom. The number of pyridine rings is 1. The zero-order valence-corrected chi connectivity index (χ0v) is 8.77. The number of amides is 1. The predicted molar refractivity (Wildman–Crippen MR) is 58.3 cm³/mol. The topological polar surface area (TPSA) is 63.2 Å². The third-order valence-corrected chi connectivity index (χ3v) is 3.05. The zero-order valence-electron chi connectivity index (χ0n) is 8.77. The summed E-state index contributed by atoms with van der Waals surface area (Å²) in [4.78, 5) is 15.9. The van der Waals surface area contributed by atoms with Crippen molar-refractivity contribution in [2.75, 3.05) is 18.4 Å². The van der Waals surface area contributed by atoms with E-state index in [1.54, 1.807) is 12.3 Å². The molecule has 1 aromatic rings. The molecule has 0 spiro atoms. The molecule has 2 aliphatic heterocycles. The molecule has 0 saturated carbocycles. The average Bonchev–Trinajstić information content (AvgIpc) is 2.81. The van der Waals surface area contributed by atoms with Crippen LogP contribution in [0.15, 0.2) is 18.3 Å². The Labute approximate surface area is 93.2 Å². The first-order chi connectivity index (χ1) is 7.84. The number of hydrogen-bond acceptors (Lipinski definition) is 4. The van der Waals surface area contributed by atoms with Crippen molar-refractivity contribution in [3.63, 3.8) is 0 Å². The molecule has 5 nitrogen and oxygen atoms in total. The summed E-state index contributed by atoms with van der Waals surface area (Å²) >= 11 is 0. The normalized spacial score (nSPS) is 28.1. The maximum atomic E-state index is 11.8. The quantitative estimate of drug-likeness (QED) is 0.717. The van der Waals surface area contributed by atoms with Gasteiger partial charge in [0.05, 0.1) is 0 Å². The summed E-state index contributed by atoms with van der Waals surface area (Å²) in [5, 5.41) is 6.02. The van der Waals surface area contributed by atoms with Crippen molar-refractivity contribution in [1.82, 2.24) is 10.3 Å². The van der Waals surface area contributed by atoms with Gasteiger partial charge >= 0.3 is 0 Å². The van der Waals surface area contributed by atoms with Crippen molar-refractivity contribution < 1.29 is 9.53 Å². The molecular formula is C11H13N3O2. The van der Waals surface area contributed by atoms with E-state index < -0.39 is 0 Å². The number of fused-ring (bicyclic) bond motifs is 1. The lowest BCUT2D eigenvalue weighted by Gasteiger charge is -2.28. The Hall–Kier alpha value is -1.62. The first-order valence-corrected chi connectivity index (χ1v) is 5.48. The van der Waals surface area contributed by atoms with Crippen LogP contribution in [0.1, 0.15) is 6.42 Å². The Kier molecular flexibility index (Phi) is 2.25. The van der Waals surface area contributed by atoms with Crippen molar-refractivity contribution in [2.45, 2.75) is 12.5 Å². The Morgan fingerprint density at radius 2 is 2.44 bits per heavy atom. The lowest BCUT2D eigenvalue weighted by Crippen LogP contribution is -2.43. The molecule has 5 heteroatoms. The molecule has 1 amide bonds. The first kappa shape index (κ1) is 9.59. The molecule has 1 fully saturated rings. The van der Waals surface area contributed by atoms with Gasteiger partial charge in [-0.05, 0) is 25.1 Å². The summed E-state index contributed by atoms with van der Waals surface area (Å²) in [6.07, 6.45) is 2.24. The van der Waals surface area contributed by atoms with Gasteiger partial charge in [0.25, 0.3) is 5.91 Å². The van der Waals surface area contributed by atoms with Crippen molar-refractivity contribution in [2.24, 2.45) is 5.92 Å². The highest BCUT2D eigenvalue weighted by molar-refractivity contribution is 5.96. The minimum absolute atomic E-state index is 0.0834. The fourth-order valence-electron chi connectivity index (χ4n) is 2.20. The van der Waals surface area contributed by atoms with Crippen LogP contribution in [0.3, 0.4) is 0 Å². The maximum absolute atomic E-state index is 11.8. The third kappa shape index (κ3) is 1.53. The number of nitrogens with one attached hydrogen (secondary N) is 2. The summed E-state index contributed by atoms with van der Waals surface area (Å²) in [6.45, 7) is 1.80. The van der Waals surface area contributed by atoms with Crippen LogP contribution in [0.4, 0.5) is 5.82 Å². The maximum Gasteiger partial charge on any atom is 0.267 e. The van der Waals surface area contributed by atoms with Crippen molar-refractivity contribution in [3.05, 3.63) is 18.3 Å². The molecule has 2 N–H and O–H groups in total. The van der Waals surface area contributed by atoms with Crippen LogP contribution in [-0.2, 0) is 4.79 Å². The van der Waals surface area contributed by atoms with Crippen LogP contribution in [0.25, 0.3) is 0 Å². The summed E-state index contributed by atoms with van der Waals surface area (Å²) < 4.78 is 5.71. The van der Waals surface area contributed by atoms with E-state index in [1.165, 1.54) is 0 Å². The minimum Gasteiger partial charge on any atom is -0.476 e. The van der Waals surface area contributed by atoms with E-state index >= 15 is 0 Å². The van der Waals surface area contributed by atoms with Crippen LogP contribution >= 0.6 is 0 Å². The third-order valence-electron chi connectivity index (χ3n) is 3.05. The average molecular weight is 219 g/mol. The molecule has 3 heterocycles. The second-order valence-corrected chi connectivity index (χ2v) is 4.13. The molecular weight excluding hydrogens is 206 g/mol. The zero-order chi connectivity index (χ0) is 11.0. The van der Waals surface area contributed by atoms with Crippen LogP contribution in [0, 0.1) is 5.92 Å². The smallest absolute Gasteiger partial charge is 0.267 e. The van der Waals surface area contributed by atoms with E-state index in [9.17, 15) is 4.79 Å². The second kappa shape index (κ2) is 3.75. The number of aromatic nitrogens is 1. The number of nitrogens with zero attached hydrogens (tertiary/aromatic N) is 1. The molecule has 0 aliphatic carbocycles. The van der Waals surface area contributed by atoms with E-state index in [-0.39, 0.29) is 17.9 Å². The minimum atomic E-state index is -0.383. The number of carbonyl (C=O) groups is 1. The van der Waals surface area contributed by atoms with Gasteiger partial charge in [-0.3, -0.25) is 4.79 Å². The van der Waals surface area contributed by atoms with Gasteiger partial charge in [0.15, 0.2) is 17.7 Å². The van der Waals surface area contributed by atoms with Crippen LogP contribution in [0.5, 0.6) is 5.75 Å². The molecule has 84 valence electrons. The highest BCUT2D eigenvalue weighted by Crippen LogP contribution is 2.30. The summed E-state index contributed by atoms with van der Waals surface area (Å²) in [5.41, 5.74) is 0. The second-order valence-electron chi connectivity index (χ2n) is 4.13. The summed E-state index contributed by atoms with van der Waals surface area (Å²) in [7, 11) is 0. The highest BCUT2D eigenvalue weighted by atomic mass is 16.5. The predicted octanol–water partition coefficient (Wildman–Crippen LogP) is 0.391. The molecule has 0 aromatic carbocycles. The fourth-order valence-corrected chi connectivity index (χ4v) is 2.20. The van der Waals surface area contributed by atoms with E-state index in [2.05, 4.69) is 15.6 Å². The summed E-state index contributed by atoms with van der Waals surface area (Å²) in [6, 6.07) is 3.64. The largest absolute Gasteiger partial charge is 0.476 e. The first-order valence-electron chi connectivity index (χ1n) is 5.48. The molecule has 2 aliphatic rings. The van der Waals surface area contributed by atoms with Gasteiger partial charge < -0.3 is 15.4 Å². The standard InChI is InChI=1S/C11H13N3O2/c15-11-9(7-3-5-12-6-7)16-8-2-1-4-13-10(8)14-11/h1-2,4,7,9,12H,3,5-6H2,(H,13,14,15). The van der Waals surface area contributed by atoms with E-state index in [0.717, 1.165) is 19.5 Å². The molecule has 0 radical (unpaired) electrons. The lowest BCUT2D eigenvalue weighted by molar-refractivity contribution is -0.125. The number of ether oxygens (including phenoxy) is 1. The van der Waals surface area contributed by atoms with Gasteiger partial charge in [-0.1, -0.05) is 0 Å². The van der Waals surface area contributed by atoms with Crippen molar-refractivity contribution in [1.29, 1.82) is 0 Å². The van der Waals surface area contributed by atoms with Crippen molar-refractivity contribution >= 4 is 11.7 Å². The molecule has 1 aromatic heterocycles. The van der Waals surface area contributed by atoms with Gasteiger partial charge in [-0.2, -0.15) is 0 Å². The molecule has 2 unspecified atom stereocenters. The Morgan fingerprint density at radius 3 is 3.25 bits per heavy atom. The Bertz CT molecular complexity index is 415. The molecule has 2 atom stereocenters. The monoisotopic (exact) mass is 219 g/mol. The van der Waals surface area contributed by atoms with Gasteiger partial charge in [-0.25, -0.2) is 4.98 Å². The SMILES string of the molecule is O=C1Nc2ncccc2OC1C1CCNC1. The molecule has 16 heavy (non-hydrogen) atoms.